The zero-order valence-corrected chi connectivity index (χ0v) is 22.6. The molecule has 10 heteroatoms. The Bertz CT molecular complexity index is 1180. The molecule has 35 heavy (non-hydrogen) atoms. The van der Waals surface area contributed by atoms with E-state index >= 15 is 0 Å². The third kappa shape index (κ3) is 6.24. The molecule has 1 atom stereocenters. The van der Waals surface area contributed by atoms with Crippen molar-refractivity contribution in [2.45, 2.75) is 25.9 Å². The summed E-state index contributed by atoms with van der Waals surface area (Å²) in [4.78, 5) is 27.5. The minimum Gasteiger partial charge on any atom is -0.493 e. The van der Waals surface area contributed by atoms with Gasteiger partial charge in [0.05, 0.1) is 29.1 Å². The number of benzene rings is 2. The van der Waals surface area contributed by atoms with Gasteiger partial charge in [-0.25, -0.2) is 0 Å². The topological polar surface area (TPSA) is 77.1 Å². The predicted octanol–water partition coefficient (Wildman–Crippen LogP) is 5.16. The highest BCUT2D eigenvalue weighted by atomic mass is 79.9. The number of para-hydroxylation sites is 1. The average molecular weight is 578 g/mol. The standard InChI is InChI=1S/C25H25BrN2O5S2/c1-15-6-3-4-8-19(15)27-22(29)14-33-23-18(26)10-16(11-20(23)31-2)12-21-24(30)28(25(34)35-21)13-17-7-5-9-32-17/h3-4,6,8,10-12,17H,5,7,9,13-14H2,1-2H3,(H,27,29)/b21-12-/t17-/m0/s1. The van der Waals surface area contributed by atoms with Gasteiger partial charge in [0.25, 0.3) is 11.8 Å². The van der Waals surface area contributed by atoms with E-state index < -0.39 is 0 Å². The minimum absolute atomic E-state index is 0.0329. The molecule has 2 aromatic rings. The Morgan fingerprint density at radius 3 is 2.89 bits per heavy atom. The molecule has 0 radical (unpaired) electrons. The molecule has 1 N–H and O–H groups in total. The molecule has 2 aromatic carbocycles. The quantitative estimate of drug-likeness (QED) is 0.343. The van der Waals surface area contributed by atoms with E-state index in [4.69, 9.17) is 26.4 Å². The first-order valence-corrected chi connectivity index (χ1v) is 13.1. The van der Waals surface area contributed by atoms with Crippen LogP contribution < -0.4 is 14.8 Å². The number of halogens is 1. The van der Waals surface area contributed by atoms with E-state index in [1.807, 2.05) is 37.3 Å². The molecular weight excluding hydrogens is 552 g/mol. The van der Waals surface area contributed by atoms with E-state index in [-0.39, 0.29) is 24.5 Å². The fourth-order valence-corrected chi connectivity index (χ4v) is 5.65. The van der Waals surface area contributed by atoms with Gasteiger partial charge in [0, 0.05) is 12.3 Å². The number of ether oxygens (including phenoxy) is 3. The maximum absolute atomic E-state index is 12.9. The fraction of sp³-hybridized carbons (Fsp3) is 0.320. The second-order valence-corrected chi connectivity index (χ2v) is 10.6. The van der Waals surface area contributed by atoms with Gasteiger partial charge in [0.2, 0.25) is 0 Å². The second-order valence-electron chi connectivity index (χ2n) is 8.11. The normalized spacial score (nSPS) is 18.9. The molecule has 0 aliphatic carbocycles. The highest BCUT2D eigenvalue weighted by molar-refractivity contribution is 9.10. The summed E-state index contributed by atoms with van der Waals surface area (Å²) < 4.78 is 18.1. The van der Waals surface area contributed by atoms with Gasteiger partial charge in [-0.1, -0.05) is 42.2 Å². The van der Waals surface area contributed by atoms with Crippen LogP contribution in [-0.4, -0.2) is 54.0 Å². The largest absolute Gasteiger partial charge is 0.493 e. The number of anilines is 1. The van der Waals surface area contributed by atoms with Crippen LogP contribution in [0.2, 0.25) is 0 Å². The van der Waals surface area contributed by atoms with Crippen molar-refractivity contribution in [2.24, 2.45) is 0 Å². The Labute approximate surface area is 222 Å². The highest BCUT2D eigenvalue weighted by Gasteiger charge is 2.34. The Morgan fingerprint density at radius 2 is 2.17 bits per heavy atom. The number of thioether (sulfide) groups is 1. The third-order valence-corrected chi connectivity index (χ3v) is 7.57. The first kappa shape index (κ1) is 25.7. The van der Waals surface area contributed by atoms with Gasteiger partial charge in [-0.05, 0) is 71.1 Å². The molecule has 0 spiro atoms. The molecule has 4 rings (SSSR count). The van der Waals surface area contributed by atoms with Crippen LogP contribution in [0.5, 0.6) is 11.5 Å². The summed E-state index contributed by atoms with van der Waals surface area (Å²) in [5, 5.41) is 2.84. The van der Waals surface area contributed by atoms with Crippen LogP contribution in [0, 0.1) is 6.92 Å². The Hall–Kier alpha value is -2.40. The highest BCUT2D eigenvalue weighted by Crippen LogP contribution is 2.39. The first-order valence-electron chi connectivity index (χ1n) is 11.1. The lowest BCUT2D eigenvalue weighted by molar-refractivity contribution is -0.123. The van der Waals surface area contributed by atoms with Crippen LogP contribution in [-0.2, 0) is 14.3 Å². The van der Waals surface area contributed by atoms with E-state index in [0.29, 0.717) is 31.7 Å². The summed E-state index contributed by atoms with van der Waals surface area (Å²) in [5.74, 6) is 0.422. The molecule has 7 nitrogen and oxygen atoms in total. The van der Waals surface area contributed by atoms with Crippen molar-refractivity contribution in [3.05, 3.63) is 56.9 Å². The van der Waals surface area contributed by atoms with Crippen molar-refractivity contribution in [3.8, 4) is 11.5 Å². The second kappa shape index (κ2) is 11.6. The molecule has 2 heterocycles. The van der Waals surface area contributed by atoms with Crippen LogP contribution in [0.25, 0.3) is 6.08 Å². The number of nitrogens with one attached hydrogen (secondary N) is 1. The average Bonchev–Trinajstić information content (AvgIpc) is 3.43. The molecule has 0 saturated carbocycles. The van der Waals surface area contributed by atoms with Crippen molar-refractivity contribution in [1.29, 1.82) is 0 Å². The van der Waals surface area contributed by atoms with Crippen molar-refractivity contribution >= 4 is 67.8 Å². The van der Waals surface area contributed by atoms with E-state index in [2.05, 4.69) is 21.2 Å². The third-order valence-electron chi connectivity index (χ3n) is 5.60. The van der Waals surface area contributed by atoms with Crippen LogP contribution >= 0.6 is 39.9 Å². The number of rotatable bonds is 8. The van der Waals surface area contributed by atoms with Crippen LogP contribution in [0.4, 0.5) is 5.69 Å². The van der Waals surface area contributed by atoms with Gasteiger partial charge in [-0.2, -0.15) is 0 Å². The van der Waals surface area contributed by atoms with Gasteiger partial charge in [0.15, 0.2) is 18.1 Å². The zero-order valence-electron chi connectivity index (χ0n) is 19.3. The minimum atomic E-state index is -0.285. The molecule has 0 bridgehead atoms. The number of hydrogen-bond acceptors (Lipinski definition) is 7. The van der Waals surface area contributed by atoms with Gasteiger partial charge in [0.1, 0.15) is 4.32 Å². The fourth-order valence-electron chi connectivity index (χ4n) is 3.80. The molecule has 0 aromatic heterocycles. The van der Waals surface area contributed by atoms with E-state index in [1.54, 1.807) is 17.0 Å². The summed E-state index contributed by atoms with van der Waals surface area (Å²) >= 11 is 10.2. The van der Waals surface area contributed by atoms with Crippen LogP contribution in [0.1, 0.15) is 24.0 Å². The molecule has 2 fully saturated rings. The molecule has 2 aliphatic rings. The van der Waals surface area contributed by atoms with Crippen molar-refractivity contribution in [3.63, 3.8) is 0 Å². The smallest absolute Gasteiger partial charge is 0.266 e. The number of aryl methyl sites for hydroxylation is 1. The SMILES string of the molecule is COc1cc(/C=C2\SC(=S)N(C[C@@H]3CCCO3)C2=O)cc(Br)c1OCC(=O)Nc1ccccc1C. The Balaban J connectivity index is 1.45. The number of thiocarbonyl (C=S) groups is 1. The first-order chi connectivity index (χ1) is 16.9. The Kier molecular flexibility index (Phi) is 8.48. The summed E-state index contributed by atoms with van der Waals surface area (Å²) in [6.07, 6.45) is 3.75. The van der Waals surface area contributed by atoms with Gasteiger partial charge in [-0.3, -0.25) is 14.5 Å². The van der Waals surface area contributed by atoms with Crippen molar-refractivity contribution in [1.82, 2.24) is 4.90 Å². The molecule has 0 unspecified atom stereocenters. The van der Waals surface area contributed by atoms with Crippen LogP contribution in [0.3, 0.4) is 0 Å². The van der Waals surface area contributed by atoms with Crippen LogP contribution in [0.15, 0.2) is 45.8 Å². The monoisotopic (exact) mass is 576 g/mol. The van der Waals surface area contributed by atoms with E-state index in [1.165, 1.54) is 18.9 Å². The lowest BCUT2D eigenvalue weighted by atomic mass is 10.1. The van der Waals surface area contributed by atoms with Crippen molar-refractivity contribution < 1.29 is 23.8 Å². The summed E-state index contributed by atoms with van der Waals surface area (Å²) in [5.41, 5.74) is 2.44. The maximum atomic E-state index is 12.9. The summed E-state index contributed by atoms with van der Waals surface area (Å²) in [6, 6.07) is 11.1. The molecule has 2 amide bonds. The lowest BCUT2D eigenvalue weighted by Crippen LogP contribution is -2.35. The predicted molar refractivity (Wildman–Crippen MR) is 145 cm³/mol. The summed E-state index contributed by atoms with van der Waals surface area (Å²) in [7, 11) is 1.52. The lowest BCUT2D eigenvalue weighted by Gasteiger charge is -2.18. The molecule has 2 saturated heterocycles. The van der Waals surface area contributed by atoms with Crippen molar-refractivity contribution in [2.75, 3.05) is 32.2 Å². The number of carbonyl (C=O) groups is 2. The van der Waals surface area contributed by atoms with E-state index in [0.717, 1.165) is 36.3 Å². The number of hydrogen-bond donors (Lipinski definition) is 1. The number of carbonyl (C=O) groups excluding carboxylic acids is 2. The van der Waals surface area contributed by atoms with Gasteiger partial charge >= 0.3 is 0 Å². The maximum Gasteiger partial charge on any atom is 0.266 e. The summed E-state index contributed by atoms with van der Waals surface area (Å²) in [6.45, 7) is 2.94. The molecule has 2 aliphatic heterocycles. The Morgan fingerprint density at radius 1 is 1.37 bits per heavy atom. The van der Waals surface area contributed by atoms with E-state index in [9.17, 15) is 9.59 Å². The molecule has 184 valence electrons. The number of nitrogens with zero attached hydrogens (tertiary/aromatic N) is 1. The zero-order chi connectivity index (χ0) is 24.9. The van der Waals surface area contributed by atoms with Gasteiger partial charge < -0.3 is 19.5 Å². The number of amides is 2. The number of methoxy groups -OCH3 is 1. The molecular formula is C25H25BrN2O5S2. The van der Waals surface area contributed by atoms with Gasteiger partial charge in [-0.15, -0.1) is 0 Å².